The van der Waals surface area contributed by atoms with E-state index in [1.165, 1.54) is 0 Å². The van der Waals surface area contributed by atoms with Crippen LogP contribution in [0, 0.1) is 11.3 Å². The van der Waals surface area contributed by atoms with E-state index in [1.807, 2.05) is 49.9 Å². The van der Waals surface area contributed by atoms with Crippen molar-refractivity contribution in [3.63, 3.8) is 0 Å². The van der Waals surface area contributed by atoms with E-state index in [9.17, 15) is 10.1 Å². The number of amides is 1. The maximum absolute atomic E-state index is 12.3. The summed E-state index contributed by atoms with van der Waals surface area (Å²) in [6.45, 7) is 6.68. The molecule has 3 heterocycles. The normalized spacial score (nSPS) is 14.3. The summed E-state index contributed by atoms with van der Waals surface area (Å²) in [4.78, 5) is 15.0. The monoisotopic (exact) mass is 329 g/mol. The maximum atomic E-state index is 12.3. The molecule has 0 saturated heterocycles. The number of ether oxygens (including phenoxy) is 1. The van der Waals surface area contributed by atoms with Crippen LogP contribution in [0.25, 0.3) is 5.00 Å². The van der Waals surface area contributed by atoms with E-state index in [4.69, 9.17) is 4.74 Å². The molecule has 0 aliphatic carbocycles. The Kier molecular flexibility index (Phi) is 3.90. The van der Waals surface area contributed by atoms with Gasteiger partial charge in [0.2, 0.25) is 0 Å². The van der Waals surface area contributed by atoms with E-state index in [1.54, 1.807) is 16.2 Å². The zero-order chi connectivity index (χ0) is 16.6. The van der Waals surface area contributed by atoms with Crippen LogP contribution in [0.4, 0.5) is 4.79 Å². The average Bonchev–Trinajstić information content (AvgIpc) is 3.11. The van der Waals surface area contributed by atoms with Gasteiger partial charge >= 0.3 is 6.09 Å². The predicted octanol–water partition coefficient (Wildman–Crippen LogP) is 3.70. The van der Waals surface area contributed by atoms with Gasteiger partial charge < -0.3 is 14.2 Å². The number of thiophene rings is 1. The van der Waals surface area contributed by atoms with Crippen LogP contribution in [0.1, 0.15) is 36.8 Å². The zero-order valence-electron chi connectivity index (χ0n) is 13.5. The third-order valence-corrected chi connectivity index (χ3v) is 4.87. The van der Waals surface area contributed by atoms with Crippen LogP contribution in [0.3, 0.4) is 0 Å². The molecule has 0 unspecified atom stereocenters. The van der Waals surface area contributed by atoms with Crippen molar-refractivity contribution in [2.75, 3.05) is 6.54 Å². The first-order chi connectivity index (χ1) is 10.9. The molecule has 2 aromatic heterocycles. The molecule has 0 bridgehead atoms. The molecule has 0 N–H and O–H groups in total. The van der Waals surface area contributed by atoms with Crippen LogP contribution in [-0.4, -0.2) is 27.7 Å². The fourth-order valence-corrected chi connectivity index (χ4v) is 3.92. The van der Waals surface area contributed by atoms with Crippen molar-refractivity contribution in [1.29, 1.82) is 5.26 Å². The van der Waals surface area contributed by atoms with Gasteiger partial charge in [0.1, 0.15) is 16.7 Å². The second-order valence-electron chi connectivity index (χ2n) is 6.54. The van der Waals surface area contributed by atoms with Crippen LogP contribution in [0.5, 0.6) is 0 Å². The van der Waals surface area contributed by atoms with Gasteiger partial charge in [-0.1, -0.05) is 0 Å². The minimum Gasteiger partial charge on any atom is -0.444 e. The minimum absolute atomic E-state index is 0.294. The summed E-state index contributed by atoms with van der Waals surface area (Å²) in [5.74, 6) is 0. The Hall–Kier alpha value is -2.26. The van der Waals surface area contributed by atoms with Gasteiger partial charge in [-0.2, -0.15) is 5.26 Å². The van der Waals surface area contributed by atoms with Gasteiger partial charge in [0, 0.05) is 23.8 Å². The number of aromatic nitrogens is 1. The van der Waals surface area contributed by atoms with Crippen molar-refractivity contribution in [2.24, 2.45) is 0 Å². The van der Waals surface area contributed by atoms with Crippen molar-refractivity contribution >= 4 is 17.4 Å². The van der Waals surface area contributed by atoms with Crippen LogP contribution in [0.2, 0.25) is 0 Å². The lowest BCUT2D eigenvalue weighted by atomic mass is 10.0. The lowest BCUT2D eigenvalue weighted by Gasteiger charge is -2.29. The molecule has 1 aliphatic rings. The number of fused-ring (bicyclic) bond motifs is 1. The molecule has 0 spiro atoms. The molecule has 0 radical (unpaired) electrons. The van der Waals surface area contributed by atoms with Gasteiger partial charge in [0.15, 0.2) is 0 Å². The van der Waals surface area contributed by atoms with Crippen molar-refractivity contribution in [3.8, 4) is 11.1 Å². The summed E-state index contributed by atoms with van der Waals surface area (Å²) in [5, 5.41) is 10.5. The molecule has 1 amide bonds. The quantitative estimate of drug-likeness (QED) is 0.801. The first-order valence-electron chi connectivity index (χ1n) is 7.55. The summed E-state index contributed by atoms with van der Waals surface area (Å²) in [7, 11) is 0. The van der Waals surface area contributed by atoms with Crippen molar-refractivity contribution < 1.29 is 9.53 Å². The molecule has 0 saturated carbocycles. The fraction of sp³-hybridized carbons (Fsp3) is 0.412. The largest absolute Gasteiger partial charge is 0.444 e. The van der Waals surface area contributed by atoms with E-state index >= 15 is 0 Å². The van der Waals surface area contributed by atoms with Gasteiger partial charge in [-0.3, -0.25) is 0 Å². The Labute approximate surface area is 139 Å². The smallest absolute Gasteiger partial charge is 0.410 e. The van der Waals surface area contributed by atoms with Gasteiger partial charge in [-0.15, -0.1) is 11.3 Å². The van der Waals surface area contributed by atoms with E-state index < -0.39 is 5.60 Å². The Morgan fingerprint density at radius 3 is 2.65 bits per heavy atom. The average molecular weight is 329 g/mol. The first-order valence-corrected chi connectivity index (χ1v) is 8.36. The fourth-order valence-electron chi connectivity index (χ4n) is 2.64. The number of nitrogens with zero attached hydrogens (tertiary/aromatic N) is 3. The van der Waals surface area contributed by atoms with Crippen LogP contribution < -0.4 is 0 Å². The van der Waals surface area contributed by atoms with Gasteiger partial charge in [-0.05, 0) is 44.9 Å². The van der Waals surface area contributed by atoms with Crippen LogP contribution >= 0.6 is 11.3 Å². The number of nitriles is 1. The molecular weight excluding hydrogens is 310 g/mol. The Bertz CT molecular complexity index is 763. The predicted molar refractivity (Wildman–Crippen MR) is 88.7 cm³/mol. The number of hydrogen-bond acceptors (Lipinski definition) is 4. The van der Waals surface area contributed by atoms with Crippen LogP contribution in [-0.2, 0) is 17.7 Å². The zero-order valence-corrected chi connectivity index (χ0v) is 14.3. The number of carbonyl (C=O) groups excluding carboxylic acids is 1. The molecule has 0 atom stereocenters. The summed E-state index contributed by atoms with van der Waals surface area (Å²) in [6, 6.07) is 6.20. The lowest BCUT2D eigenvalue weighted by molar-refractivity contribution is 0.0226. The minimum atomic E-state index is -0.499. The van der Waals surface area contributed by atoms with E-state index in [0.29, 0.717) is 19.5 Å². The molecule has 5 nitrogen and oxygen atoms in total. The molecule has 0 aromatic carbocycles. The van der Waals surface area contributed by atoms with Crippen molar-refractivity contribution in [1.82, 2.24) is 9.47 Å². The third kappa shape index (κ3) is 3.10. The SMILES string of the molecule is CC(C)(C)OC(=O)N1CCc2c(sc(-n3cccc3)c2C#N)C1. The second-order valence-corrected chi connectivity index (χ2v) is 7.62. The molecular formula is C17H19N3O2S. The van der Waals surface area contributed by atoms with Crippen molar-refractivity contribution in [2.45, 2.75) is 39.3 Å². The molecule has 120 valence electrons. The Morgan fingerprint density at radius 2 is 2.04 bits per heavy atom. The number of hydrogen-bond donors (Lipinski definition) is 0. The lowest BCUT2D eigenvalue weighted by Crippen LogP contribution is -2.39. The molecule has 1 aliphatic heterocycles. The highest BCUT2D eigenvalue weighted by molar-refractivity contribution is 7.15. The number of rotatable bonds is 1. The van der Waals surface area contributed by atoms with Gasteiger partial charge in [0.05, 0.1) is 12.1 Å². The van der Waals surface area contributed by atoms with E-state index in [0.717, 1.165) is 21.0 Å². The molecule has 0 fully saturated rings. The van der Waals surface area contributed by atoms with Crippen LogP contribution in [0.15, 0.2) is 24.5 Å². The Morgan fingerprint density at radius 1 is 1.35 bits per heavy atom. The highest BCUT2D eigenvalue weighted by Crippen LogP contribution is 2.35. The summed E-state index contributed by atoms with van der Waals surface area (Å²) >= 11 is 1.57. The number of carbonyl (C=O) groups is 1. The van der Waals surface area contributed by atoms with Gasteiger partial charge in [0.25, 0.3) is 0 Å². The van der Waals surface area contributed by atoms with Gasteiger partial charge in [-0.25, -0.2) is 4.79 Å². The second kappa shape index (κ2) is 5.74. The topological polar surface area (TPSA) is 58.3 Å². The summed E-state index contributed by atoms with van der Waals surface area (Å²) in [6.07, 6.45) is 4.26. The maximum Gasteiger partial charge on any atom is 0.410 e. The standard InChI is InChI=1S/C17H19N3O2S/c1-17(2,3)22-16(21)20-9-6-12-13(10-18)15(23-14(12)11-20)19-7-4-5-8-19/h4-5,7-8H,6,9,11H2,1-3H3. The Balaban J connectivity index is 1.88. The molecule has 23 heavy (non-hydrogen) atoms. The van der Waals surface area contributed by atoms with Crippen molar-refractivity contribution in [3.05, 3.63) is 40.5 Å². The first kappa shape index (κ1) is 15.6. The summed E-state index contributed by atoms with van der Waals surface area (Å²) < 4.78 is 7.41. The highest BCUT2D eigenvalue weighted by atomic mass is 32.1. The van der Waals surface area contributed by atoms with E-state index in [2.05, 4.69) is 6.07 Å². The highest BCUT2D eigenvalue weighted by Gasteiger charge is 2.29. The molecule has 3 rings (SSSR count). The third-order valence-electron chi connectivity index (χ3n) is 3.64. The summed E-state index contributed by atoms with van der Waals surface area (Å²) in [5.41, 5.74) is 1.30. The molecule has 2 aromatic rings. The van der Waals surface area contributed by atoms with E-state index in [-0.39, 0.29) is 6.09 Å². The molecule has 6 heteroatoms.